The Morgan fingerprint density at radius 3 is 2.55 bits per heavy atom. The number of halogens is 1. The van der Waals surface area contributed by atoms with E-state index in [1.165, 1.54) is 11.3 Å². The Balaban J connectivity index is 1.36. The van der Waals surface area contributed by atoms with Crippen LogP contribution < -0.4 is 15.5 Å². The Kier molecular flexibility index (Phi) is 7.02. The number of benzene rings is 3. The zero-order valence-corrected chi connectivity index (χ0v) is 19.6. The highest BCUT2D eigenvalue weighted by Crippen LogP contribution is 2.28. The molecule has 1 aromatic heterocycles. The Morgan fingerprint density at radius 2 is 1.85 bits per heavy atom. The van der Waals surface area contributed by atoms with Gasteiger partial charge in [-0.05, 0) is 72.6 Å². The van der Waals surface area contributed by atoms with E-state index in [1.807, 2.05) is 66.9 Å². The van der Waals surface area contributed by atoms with Crippen LogP contribution in [0, 0.1) is 6.92 Å². The topological polar surface area (TPSA) is 75.6 Å². The van der Waals surface area contributed by atoms with Crippen LogP contribution >= 0.6 is 22.9 Å². The molecule has 33 heavy (non-hydrogen) atoms. The molecular formula is C25H21ClN4O2S. The molecule has 2 N–H and O–H groups in total. The summed E-state index contributed by atoms with van der Waals surface area (Å²) in [5.74, 6) is 0.524. The lowest BCUT2D eigenvalue weighted by molar-refractivity contribution is 0.0955. The van der Waals surface area contributed by atoms with Gasteiger partial charge in [0, 0.05) is 27.2 Å². The Hall–Kier alpha value is -3.68. The van der Waals surface area contributed by atoms with Crippen LogP contribution in [0.2, 0.25) is 5.02 Å². The van der Waals surface area contributed by atoms with Crippen molar-refractivity contribution in [2.24, 2.45) is 5.10 Å². The van der Waals surface area contributed by atoms with Crippen molar-refractivity contribution in [2.75, 3.05) is 12.4 Å². The van der Waals surface area contributed by atoms with Crippen molar-refractivity contribution >= 4 is 45.9 Å². The lowest BCUT2D eigenvalue weighted by Gasteiger charge is -2.05. The number of rotatable bonds is 7. The van der Waals surface area contributed by atoms with E-state index >= 15 is 0 Å². The first-order valence-corrected chi connectivity index (χ1v) is 11.3. The summed E-state index contributed by atoms with van der Waals surface area (Å²) in [6.45, 7) is 1.95. The molecule has 1 heterocycles. The summed E-state index contributed by atoms with van der Waals surface area (Å²) in [7, 11) is 1.63. The summed E-state index contributed by atoms with van der Waals surface area (Å²) >= 11 is 7.43. The van der Waals surface area contributed by atoms with E-state index in [4.69, 9.17) is 16.3 Å². The van der Waals surface area contributed by atoms with Crippen LogP contribution in [0.5, 0.6) is 5.75 Å². The molecule has 0 bridgehead atoms. The second kappa shape index (κ2) is 10.3. The Labute approximate surface area is 200 Å². The number of ether oxygens (including phenoxy) is 1. The van der Waals surface area contributed by atoms with Crippen LogP contribution in [-0.4, -0.2) is 24.2 Å². The SMILES string of the molecule is COc1ccc(/C=N\NC(=O)c2ccc(-c3csc(Nc4ccc(Cl)cc4)n3)cc2)cc1C. The quantitative estimate of drug-likeness (QED) is 0.243. The lowest BCUT2D eigenvalue weighted by Crippen LogP contribution is -2.17. The summed E-state index contributed by atoms with van der Waals surface area (Å²) < 4.78 is 5.25. The van der Waals surface area contributed by atoms with Gasteiger partial charge in [0.1, 0.15) is 5.75 Å². The average molecular weight is 477 g/mol. The molecule has 4 rings (SSSR count). The number of hydrogen-bond acceptors (Lipinski definition) is 6. The molecule has 0 spiro atoms. The molecule has 6 nitrogen and oxygen atoms in total. The third kappa shape index (κ3) is 5.77. The van der Waals surface area contributed by atoms with Gasteiger partial charge in [0.2, 0.25) is 0 Å². The van der Waals surface area contributed by atoms with Gasteiger partial charge in [0.15, 0.2) is 5.13 Å². The van der Waals surface area contributed by atoms with Gasteiger partial charge in [-0.25, -0.2) is 10.4 Å². The molecule has 0 unspecified atom stereocenters. The number of anilines is 2. The fourth-order valence-electron chi connectivity index (χ4n) is 3.12. The first-order valence-electron chi connectivity index (χ1n) is 10.1. The van der Waals surface area contributed by atoms with E-state index in [0.717, 1.165) is 39.0 Å². The van der Waals surface area contributed by atoms with Crippen molar-refractivity contribution in [1.82, 2.24) is 10.4 Å². The molecule has 0 saturated carbocycles. The number of amides is 1. The maximum Gasteiger partial charge on any atom is 0.271 e. The second-order valence-electron chi connectivity index (χ2n) is 7.18. The summed E-state index contributed by atoms with van der Waals surface area (Å²) in [5, 5.41) is 10.7. The van der Waals surface area contributed by atoms with E-state index in [-0.39, 0.29) is 5.91 Å². The molecule has 0 aliphatic carbocycles. The molecule has 0 aliphatic rings. The average Bonchev–Trinajstić information content (AvgIpc) is 3.29. The number of hydrogen-bond donors (Lipinski definition) is 2. The van der Waals surface area contributed by atoms with Gasteiger partial charge in [-0.3, -0.25) is 4.79 Å². The number of carbonyl (C=O) groups is 1. The highest BCUT2D eigenvalue weighted by atomic mass is 35.5. The molecule has 166 valence electrons. The third-order valence-corrected chi connectivity index (χ3v) is 5.85. The maximum atomic E-state index is 12.4. The molecule has 0 fully saturated rings. The fourth-order valence-corrected chi connectivity index (χ4v) is 3.99. The summed E-state index contributed by atoms with van der Waals surface area (Å²) in [6.07, 6.45) is 1.60. The van der Waals surface area contributed by atoms with Crippen molar-refractivity contribution in [3.63, 3.8) is 0 Å². The molecule has 0 aliphatic heterocycles. The van der Waals surface area contributed by atoms with Crippen LogP contribution in [-0.2, 0) is 0 Å². The number of carbonyl (C=O) groups excluding carboxylic acids is 1. The standard InChI is InChI=1S/C25H21ClN4O2S/c1-16-13-17(3-12-23(16)32-2)14-27-30-24(31)19-6-4-18(5-7-19)22-15-33-25(29-22)28-21-10-8-20(26)9-11-21/h3-15H,1-2H3,(H,28,29)(H,30,31)/b27-14-. The van der Waals surface area contributed by atoms with Crippen molar-refractivity contribution in [3.05, 3.63) is 93.8 Å². The first-order chi connectivity index (χ1) is 16.0. The van der Waals surface area contributed by atoms with Gasteiger partial charge in [0.25, 0.3) is 5.91 Å². The van der Waals surface area contributed by atoms with Gasteiger partial charge < -0.3 is 10.1 Å². The van der Waals surface area contributed by atoms with E-state index in [2.05, 4.69) is 20.8 Å². The van der Waals surface area contributed by atoms with Gasteiger partial charge in [-0.2, -0.15) is 5.10 Å². The fraction of sp³-hybridized carbons (Fsp3) is 0.0800. The van der Waals surface area contributed by atoms with Crippen molar-refractivity contribution in [1.29, 1.82) is 0 Å². The number of methoxy groups -OCH3 is 1. The van der Waals surface area contributed by atoms with Crippen molar-refractivity contribution in [3.8, 4) is 17.0 Å². The van der Waals surface area contributed by atoms with E-state index in [0.29, 0.717) is 10.6 Å². The Morgan fingerprint density at radius 1 is 1.09 bits per heavy atom. The van der Waals surface area contributed by atoms with Crippen LogP contribution in [0.15, 0.2) is 77.2 Å². The smallest absolute Gasteiger partial charge is 0.271 e. The number of nitrogens with zero attached hydrogens (tertiary/aromatic N) is 2. The molecule has 3 aromatic carbocycles. The molecule has 4 aromatic rings. The summed E-state index contributed by atoms with van der Waals surface area (Å²) in [4.78, 5) is 17.0. The van der Waals surface area contributed by atoms with Crippen LogP contribution in [0.4, 0.5) is 10.8 Å². The van der Waals surface area contributed by atoms with E-state index in [9.17, 15) is 4.79 Å². The van der Waals surface area contributed by atoms with Crippen LogP contribution in [0.25, 0.3) is 11.3 Å². The molecule has 0 radical (unpaired) electrons. The second-order valence-corrected chi connectivity index (χ2v) is 8.47. The number of thiazole rings is 1. The number of aryl methyl sites for hydroxylation is 1. The number of hydrazone groups is 1. The highest BCUT2D eigenvalue weighted by molar-refractivity contribution is 7.14. The predicted octanol–water partition coefficient (Wildman–Crippen LogP) is 6.29. The zero-order chi connectivity index (χ0) is 23.2. The summed E-state index contributed by atoms with van der Waals surface area (Å²) in [6, 6.07) is 20.4. The summed E-state index contributed by atoms with van der Waals surface area (Å²) in [5.41, 5.74) is 7.60. The van der Waals surface area contributed by atoms with Crippen LogP contribution in [0.1, 0.15) is 21.5 Å². The van der Waals surface area contributed by atoms with Crippen LogP contribution in [0.3, 0.4) is 0 Å². The Bertz CT molecular complexity index is 1280. The largest absolute Gasteiger partial charge is 0.496 e. The normalized spacial score (nSPS) is 10.9. The minimum absolute atomic E-state index is 0.286. The third-order valence-electron chi connectivity index (χ3n) is 4.84. The molecule has 0 atom stereocenters. The van der Waals surface area contributed by atoms with Gasteiger partial charge in [-0.15, -0.1) is 11.3 Å². The van der Waals surface area contributed by atoms with Gasteiger partial charge >= 0.3 is 0 Å². The minimum atomic E-state index is -0.286. The van der Waals surface area contributed by atoms with Crippen molar-refractivity contribution < 1.29 is 9.53 Å². The molecule has 8 heteroatoms. The molecule has 1 amide bonds. The van der Waals surface area contributed by atoms with E-state index < -0.39 is 0 Å². The molecule has 0 saturated heterocycles. The number of nitrogens with one attached hydrogen (secondary N) is 2. The van der Waals surface area contributed by atoms with Crippen molar-refractivity contribution in [2.45, 2.75) is 6.92 Å². The highest BCUT2D eigenvalue weighted by Gasteiger charge is 2.08. The minimum Gasteiger partial charge on any atom is -0.496 e. The first kappa shape index (κ1) is 22.5. The maximum absolute atomic E-state index is 12.4. The number of aromatic nitrogens is 1. The monoisotopic (exact) mass is 476 g/mol. The molecular weight excluding hydrogens is 456 g/mol. The predicted molar refractivity (Wildman–Crippen MR) is 135 cm³/mol. The van der Waals surface area contributed by atoms with E-state index in [1.54, 1.807) is 25.5 Å². The van der Waals surface area contributed by atoms with Gasteiger partial charge in [0.05, 0.1) is 19.0 Å². The lowest BCUT2D eigenvalue weighted by atomic mass is 10.1. The zero-order valence-electron chi connectivity index (χ0n) is 18.0. The van der Waals surface area contributed by atoms with Gasteiger partial charge in [-0.1, -0.05) is 23.7 Å².